The van der Waals surface area contributed by atoms with Gasteiger partial charge in [0.05, 0.1) is 6.61 Å². The molecule has 0 unspecified atom stereocenters. The lowest BCUT2D eigenvalue weighted by molar-refractivity contribution is 0.0566. The van der Waals surface area contributed by atoms with Gasteiger partial charge in [-0.15, -0.1) is 0 Å². The Bertz CT molecular complexity index is 739. The van der Waals surface area contributed by atoms with Crippen LogP contribution in [-0.4, -0.2) is 69.2 Å². The molecular weight excluding hydrogens is 322 g/mol. The Balaban J connectivity index is 1.72. The lowest BCUT2D eigenvalue weighted by atomic mass is 10.3. The molecule has 0 spiro atoms. The second-order valence-electron chi connectivity index (χ2n) is 5.03. The number of halogens is 1. The van der Waals surface area contributed by atoms with Crippen LogP contribution in [0.3, 0.4) is 0 Å². The average molecular weight is 338 g/mol. The van der Waals surface area contributed by atoms with Gasteiger partial charge in [0.15, 0.2) is 11.3 Å². The quantitative estimate of drug-likeness (QED) is 0.825. The monoisotopic (exact) mass is 337 g/mol. The number of nitrogens with zero attached hydrogens (tertiary/aromatic N) is 5. The first kappa shape index (κ1) is 15.5. The van der Waals surface area contributed by atoms with Gasteiger partial charge >= 0.3 is 6.09 Å². The van der Waals surface area contributed by atoms with E-state index in [1.54, 1.807) is 35.2 Å². The Morgan fingerprint density at radius 1 is 1.26 bits per heavy atom. The van der Waals surface area contributed by atoms with E-state index in [1.165, 1.54) is 4.52 Å². The highest BCUT2D eigenvalue weighted by Crippen LogP contribution is 2.21. The number of piperazine rings is 1. The lowest BCUT2D eigenvalue weighted by Gasteiger charge is -2.33. The molecule has 0 atom stereocenters. The minimum atomic E-state index is -0.352. The van der Waals surface area contributed by atoms with Crippen LogP contribution in [0.5, 0.6) is 0 Å². The maximum Gasteiger partial charge on any atom is 0.409 e. The van der Waals surface area contributed by atoms with E-state index in [1.807, 2.05) is 0 Å². The first-order valence-electron chi connectivity index (χ1n) is 7.31. The van der Waals surface area contributed by atoms with Gasteiger partial charge in [0.1, 0.15) is 5.02 Å². The first-order valence-corrected chi connectivity index (χ1v) is 7.69. The molecule has 9 heteroatoms. The summed E-state index contributed by atoms with van der Waals surface area (Å²) in [5, 5.41) is 4.44. The third-order valence-corrected chi connectivity index (χ3v) is 3.98. The number of aromatic nitrogens is 3. The molecule has 3 rings (SSSR count). The molecule has 1 aliphatic rings. The highest BCUT2D eigenvalue weighted by molar-refractivity contribution is 6.36. The van der Waals surface area contributed by atoms with Crippen molar-refractivity contribution in [1.29, 1.82) is 0 Å². The van der Waals surface area contributed by atoms with Gasteiger partial charge in [-0.05, 0) is 13.0 Å². The maximum atomic E-state index is 12.6. The van der Waals surface area contributed by atoms with Crippen LogP contribution < -0.4 is 0 Å². The average Bonchev–Trinajstić information content (AvgIpc) is 2.92. The van der Waals surface area contributed by atoms with E-state index in [9.17, 15) is 9.59 Å². The van der Waals surface area contributed by atoms with Gasteiger partial charge in [-0.25, -0.2) is 14.3 Å². The fourth-order valence-electron chi connectivity index (χ4n) is 2.45. The van der Waals surface area contributed by atoms with Crippen LogP contribution in [0.15, 0.2) is 18.5 Å². The van der Waals surface area contributed by atoms with Crippen LogP contribution in [0.2, 0.25) is 5.02 Å². The topological polar surface area (TPSA) is 80.0 Å². The number of rotatable bonds is 2. The third-order valence-electron chi connectivity index (χ3n) is 3.63. The van der Waals surface area contributed by atoms with Crippen LogP contribution in [0.25, 0.3) is 5.65 Å². The molecule has 1 saturated heterocycles. The SMILES string of the molecule is CCOC(=O)N1CCN(C(=O)c2nn3cccnc3c2Cl)CC1. The van der Waals surface area contributed by atoms with E-state index in [4.69, 9.17) is 16.3 Å². The molecule has 0 aliphatic carbocycles. The van der Waals surface area contributed by atoms with E-state index in [0.717, 1.165) is 0 Å². The van der Waals surface area contributed by atoms with Crippen molar-refractivity contribution in [3.63, 3.8) is 0 Å². The standard InChI is InChI=1S/C14H16ClN5O3/c1-2-23-14(22)19-8-6-18(7-9-19)13(21)11-10(15)12-16-4-3-5-20(12)17-11/h3-5H,2,6-9H2,1H3. The number of hydrogen-bond acceptors (Lipinski definition) is 5. The molecule has 2 amide bonds. The summed E-state index contributed by atoms with van der Waals surface area (Å²) in [6.07, 6.45) is 2.92. The van der Waals surface area contributed by atoms with Crippen molar-refractivity contribution in [2.24, 2.45) is 0 Å². The normalized spacial score (nSPS) is 15.0. The van der Waals surface area contributed by atoms with Crippen LogP contribution in [0, 0.1) is 0 Å². The molecule has 0 bridgehead atoms. The van der Waals surface area contributed by atoms with E-state index < -0.39 is 0 Å². The summed E-state index contributed by atoms with van der Waals surface area (Å²) in [5.74, 6) is -0.260. The van der Waals surface area contributed by atoms with Gasteiger partial charge in [-0.2, -0.15) is 5.10 Å². The maximum absolute atomic E-state index is 12.6. The molecule has 0 radical (unpaired) electrons. The smallest absolute Gasteiger partial charge is 0.409 e. The molecule has 3 heterocycles. The molecule has 0 saturated carbocycles. The summed E-state index contributed by atoms with van der Waals surface area (Å²) in [7, 11) is 0. The van der Waals surface area contributed by atoms with E-state index in [2.05, 4.69) is 10.1 Å². The summed E-state index contributed by atoms with van der Waals surface area (Å²) >= 11 is 6.21. The van der Waals surface area contributed by atoms with Gasteiger partial charge in [-0.1, -0.05) is 11.6 Å². The lowest BCUT2D eigenvalue weighted by Crippen LogP contribution is -2.50. The Morgan fingerprint density at radius 2 is 1.96 bits per heavy atom. The minimum absolute atomic E-state index is 0.176. The second-order valence-corrected chi connectivity index (χ2v) is 5.41. The van der Waals surface area contributed by atoms with Crippen molar-refractivity contribution < 1.29 is 14.3 Å². The summed E-state index contributed by atoms with van der Waals surface area (Å²) in [4.78, 5) is 31.6. The Labute approximate surface area is 137 Å². The number of hydrogen-bond donors (Lipinski definition) is 0. The molecule has 1 fully saturated rings. The Morgan fingerprint density at radius 3 is 2.61 bits per heavy atom. The first-order chi connectivity index (χ1) is 11.1. The zero-order valence-electron chi connectivity index (χ0n) is 12.6. The van der Waals surface area contributed by atoms with Crippen molar-refractivity contribution in [2.75, 3.05) is 32.8 Å². The number of carbonyl (C=O) groups excluding carboxylic acids is 2. The highest BCUT2D eigenvalue weighted by atomic mass is 35.5. The summed E-state index contributed by atoms with van der Waals surface area (Å²) in [6.45, 7) is 3.77. The predicted molar refractivity (Wildman–Crippen MR) is 82.5 cm³/mol. The number of carbonyl (C=O) groups is 2. The van der Waals surface area contributed by atoms with E-state index >= 15 is 0 Å². The third kappa shape index (κ3) is 2.94. The van der Waals surface area contributed by atoms with E-state index in [0.29, 0.717) is 38.4 Å². The summed E-state index contributed by atoms with van der Waals surface area (Å²) in [6, 6.07) is 1.71. The van der Waals surface area contributed by atoms with Crippen molar-refractivity contribution in [1.82, 2.24) is 24.4 Å². The van der Waals surface area contributed by atoms with Crippen LogP contribution in [0.1, 0.15) is 17.4 Å². The van der Waals surface area contributed by atoms with Crippen molar-refractivity contribution in [3.8, 4) is 0 Å². The van der Waals surface area contributed by atoms with Crippen molar-refractivity contribution in [2.45, 2.75) is 6.92 Å². The zero-order valence-corrected chi connectivity index (χ0v) is 13.4. The van der Waals surface area contributed by atoms with Crippen LogP contribution in [-0.2, 0) is 4.74 Å². The van der Waals surface area contributed by atoms with E-state index in [-0.39, 0.29) is 22.7 Å². The summed E-state index contributed by atoms with van der Waals surface area (Å²) in [5.41, 5.74) is 0.623. The second kappa shape index (κ2) is 6.41. The van der Waals surface area contributed by atoms with Gasteiger partial charge in [0.2, 0.25) is 0 Å². The molecule has 1 aliphatic heterocycles. The fourth-order valence-corrected chi connectivity index (χ4v) is 2.71. The predicted octanol–water partition coefficient (Wildman–Crippen LogP) is 1.30. The Kier molecular flexibility index (Phi) is 4.33. The van der Waals surface area contributed by atoms with Crippen molar-refractivity contribution >= 4 is 29.2 Å². The largest absolute Gasteiger partial charge is 0.450 e. The van der Waals surface area contributed by atoms with Gasteiger partial charge in [-0.3, -0.25) is 4.79 Å². The highest BCUT2D eigenvalue weighted by Gasteiger charge is 2.28. The molecule has 8 nitrogen and oxygen atoms in total. The number of amides is 2. The molecule has 0 N–H and O–H groups in total. The minimum Gasteiger partial charge on any atom is -0.450 e. The van der Waals surface area contributed by atoms with Crippen LogP contribution >= 0.6 is 11.6 Å². The summed E-state index contributed by atoms with van der Waals surface area (Å²) < 4.78 is 6.44. The number of fused-ring (bicyclic) bond motifs is 1. The Hall–Kier alpha value is -2.35. The number of ether oxygens (including phenoxy) is 1. The molecule has 0 aromatic carbocycles. The van der Waals surface area contributed by atoms with Gasteiger partial charge in [0.25, 0.3) is 5.91 Å². The molecule has 23 heavy (non-hydrogen) atoms. The zero-order chi connectivity index (χ0) is 16.4. The van der Waals surface area contributed by atoms with Crippen molar-refractivity contribution in [3.05, 3.63) is 29.2 Å². The molecular formula is C14H16ClN5O3. The molecule has 2 aromatic rings. The fraction of sp³-hybridized carbons (Fsp3) is 0.429. The molecule has 2 aromatic heterocycles. The van der Waals surface area contributed by atoms with Crippen LogP contribution in [0.4, 0.5) is 4.79 Å². The van der Waals surface area contributed by atoms with Gasteiger partial charge < -0.3 is 14.5 Å². The van der Waals surface area contributed by atoms with Gasteiger partial charge in [0, 0.05) is 38.6 Å². The molecule has 122 valence electrons.